The molecule has 0 saturated carbocycles. The molecule has 2 N–H and O–H groups in total. The van der Waals surface area contributed by atoms with Crippen molar-refractivity contribution in [2.24, 2.45) is 0 Å². The fourth-order valence-electron chi connectivity index (χ4n) is 3.71. The lowest BCUT2D eigenvalue weighted by Crippen LogP contribution is -2.41. The smallest absolute Gasteiger partial charge is 0.267 e. The van der Waals surface area contributed by atoms with Crippen LogP contribution in [0.1, 0.15) is 43.0 Å². The van der Waals surface area contributed by atoms with Gasteiger partial charge in [-0.05, 0) is 61.2 Å². The Bertz CT molecular complexity index is 1300. The maximum atomic E-state index is 13.2. The minimum Gasteiger partial charge on any atom is -0.267 e. The van der Waals surface area contributed by atoms with Gasteiger partial charge in [-0.25, -0.2) is 8.42 Å². The van der Waals surface area contributed by atoms with Crippen molar-refractivity contribution in [3.8, 4) is 0 Å². The number of aryl methyl sites for hydroxylation is 2. The van der Waals surface area contributed by atoms with Crippen LogP contribution in [0.25, 0.3) is 0 Å². The van der Waals surface area contributed by atoms with Crippen molar-refractivity contribution in [3.63, 3.8) is 0 Å². The summed E-state index contributed by atoms with van der Waals surface area (Å²) in [4.78, 5) is 26.6. The van der Waals surface area contributed by atoms with Gasteiger partial charge in [-0.1, -0.05) is 31.2 Å². The number of para-hydroxylation sites is 1. The Kier molecular flexibility index (Phi) is 6.03. The second-order valence-electron chi connectivity index (χ2n) is 7.46. The molecule has 2 aromatic carbocycles. The molecule has 0 unspecified atom stereocenters. The minimum atomic E-state index is -3.82. The topological polar surface area (TPSA) is 95.6 Å². The first-order chi connectivity index (χ1) is 15.3. The molecule has 32 heavy (non-hydrogen) atoms. The molecule has 166 valence electrons. The van der Waals surface area contributed by atoms with E-state index in [9.17, 15) is 18.0 Å². The summed E-state index contributed by atoms with van der Waals surface area (Å²) in [5.41, 5.74) is 7.57. The van der Waals surface area contributed by atoms with Crippen LogP contribution < -0.4 is 15.2 Å². The number of hydrazine groups is 1. The lowest BCUT2D eigenvalue weighted by Gasteiger charge is -2.20. The van der Waals surface area contributed by atoms with Gasteiger partial charge in [0.1, 0.15) is 0 Å². The standard InChI is InChI=1S/C23H23N3O4S2/c1-3-20-15(2)13-21(31-20)23(28)25-24-22(27)17-8-6-9-18(14-17)32(29,30)26-12-11-16-7-4-5-10-19(16)26/h4-10,13-14H,3,11-12H2,1-2H3,(H,24,27)(H,25,28). The number of sulfonamides is 1. The molecule has 0 saturated heterocycles. The molecule has 1 aromatic heterocycles. The van der Waals surface area contributed by atoms with Crippen LogP contribution in [-0.4, -0.2) is 26.8 Å². The lowest BCUT2D eigenvalue weighted by atomic mass is 10.2. The average Bonchev–Trinajstić information content (AvgIpc) is 3.41. The highest BCUT2D eigenvalue weighted by atomic mass is 32.2. The van der Waals surface area contributed by atoms with Crippen LogP contribution in [0.4, 0.5) is 5.69 Å². The number of anilines is 1. The van der Waals surface area contributed by atoms with E-state index in [1.165, 1.54) is 39.9 Å². The van der Waals surface area contributed by atoms with E-state index in [2.05, 4.69) is 10.9 Å². The van der Waals surface area contributed by atoms with Gasteiger partial charge in [-0.2, -0.15) is 0 Å². The molecule has 4 rings (SSSR count). The van der Waals surface area contributed by atoms with Crippen LogP contribution in [0.5, 0.6) is 0 Å². The monoisotopic (exact) mass is 469 g/mol. The number of rotatable bonds is 5. The van der Waals surface area contributed by atoms with Crippen LogP contribution in [0.15, 0.2) is 59.5 Å². The Morgan fingerprint density at radius 1 is 1.03 bits per heavy atom. The maximum absolute atomic E-state index is 13.2. The molecule has 1 aliphatic rings. The zero-order valence-electron chi connectivity index (χ0n) is 17.7. The fourth-order valence-corrected chi connectivity index (χ4v) is 6.27. The Morgan fingerprint density at radius 3 is 2.53 bits per heavy atom. The van der Waals surface area contributed by atoms with Crippen molar-refractivity contribution in [2.75, 3.05) is 10.8 Å². The summed E-state index contributed by atoms with van der Waals surface area (Å²) in [7, 11) is -3.82. The zero-order chi connectivity index (χ0) is 22.9. The largest absolute Gasteiger partial charge is 0.279 e. The van der Waals surface area contributed by atoms with Gasteiger partial charge in [0, 0.05) is 17.0 Å². The summed E-state index contributed by atoms with van der Waals surface area (Å²) in [6, 6.07) is 15.0. The van der Waals surface area contributed by atoms with Gasteiger partial charge in [0.05, 0.1) is 15.5 Å². The van der Waals surface area contributed by atoms with Gasteiger partial charge in [-0.15, -0.1) is 11.3 Å². The zero-order valence-corrected chi connectivity index (χ0v) is 19.3. The highest BCUT2D eigenvalue weighted by molar-refractivity contribution is 7.92. The number of carbonyl (C=O) groups is 2. The van der Waals surface area contributed by atoms with Crippen LogP contribution in [0.2, 0.25) is 0 Å². The van der Waals surface area contributed by atoms with Gasteiger partial charge < -0.3 is 0 Å². The number of carbonyl (C=O) groups excluding carboxylic acids is 2. The van der Waals surface area contributed by atoms with E-state index in [1.54, 1.807) is 18.2 Å². The first kappa shape index (κ1) is 22.0. The molecule has 0 spiro atoms. The molecule has 0 radical (unpaired) electrons. The van der Waals surface area contributed by atoms with Crippen molar-refractivity contribution in [1.82, 2.24) is 10.9 Å². The predicted octanol–water partition coefficient (Wildman–Crippen LogP) is 3.45. The van der Waals surface area contributed by atoms with Gasteiger partial charge in [-0.3, -0.25) is 24.7 Å². The van der Waals surface area contributed by atoms with E-state index in [-0.39, 0.29) is 10.5 Å². The summed E-state index contributed by atoms with van der Waals surface area (Å²) in [6.45, 7) is 4.31. The summed E-state index contributed by atoms with van der Waals surface area (Å²) < 4.78 is 27.8. The third-order valence-electron chi connectivity index (χ3n) is 5.38. The first-order valence-corrected chi connectivity index (χ1v) is 12.5. The minimum absolute atomic E-state index is 0.0228. The van der Waals surface area contributed by atoms with E-state index in [0.29, 0.717) is 23.5 Å². The Hall–Kier alpha value is -3.17. The third kappa shape index (κ3) is 4.13. The Morgan fingerprint density at radius 2 is 1.78 bits per heavy atom. The van der Waals surface area contributed by atoms with E-state index < -0.39 is 21.8 Å². The number of hydrogen-bond acceptors (Lipinski definition) is 5. The highest BCUT2D eigenvalue weighted by Crippen LogP contribution is 2.32. The Labute approximate surface area is 191 Å². The van der Waals surface area contributed by atoms with Crippen LogP contribution >= 0.6 is 11.3 Å². The number of benzene rings is 2. The molecular weight excluding hydrogens is 446 g/mol. The molecule has 0 bridgehead atoms. The highest BCUT2D eigenvalue weighted by Gasteiger charge is 2.31. The third-order valence-corrected chi connectivity index (χ3v) is 8.57. The van der Waals surface area contributed by atoms with E-state index in [4.69, 9.17) is 0 Å². The summed E-state index contributed by atoms with van der Waals surface area (Å²) in [5.74, 6) is -1.01. The molecule has 0 atom stereocenters. The predicted molar refractivity (Wildman–Crippen MR) is 124 cm³/mol. The van der Waals surface area contributed by atoms with Gasteiger partial charge >= 0.3 is 0 Å². The SMILES string of the molecule is CCc1sc(C(=O)NNC(=O)c2cccc(S(=O)(=O)N3CCc4ccccc43)c2)cc1C. The molecule has 0 aliphatic carbocycles. The number of nitrogens with zero attached hydrogens (tertiary/aromatic N) is 1. The first-order valence-electron chi connectivity index (χ1n) is 10.2. The second kappa shape index (κ2) is 8.76. The van der Waals surface area contributed by atoms with Gasteiger partial charge in [0.2, 0.25) is 0 Å². The normalized spacial score (nSPS) is 13.0. The molecule has 2 amide bonds. The number of hydrogen-bond donors (Lipinski definition) is 2. The van der Waals surface area contributed by atoms with Crippen molar-refractivity contribution in [1.29, 1.82) is 0 Å². The van der Waals surface area contributed by atoms with Gasteiger partial charge in [0.15, 0.2) is 0 Å². The maximum Gasteiger partial charge on any atom is 0.279 e. The lowest BCUT2D eigenvalue weighted by molar-refractivity contribution is 0.0848. The molecule has 7 nitrogen and oxygen atoms in total. The average molecular weight is 470 g/mol. The van der Waals surface area contributed by atoms with Crippen LogP contribution in [0.3, 0.4) is 0 Å². The van der Waals surface area contributed by atoms with Crippen molar-refractivity contribution < 1.29 is 18.0 Å². The van der Waals surface area contributed by atoms with E-state index >= 15 is 0 Å². The van der Waals surface area contributed by atoms with Gasteiger partial charge in [0.25, 0.3) is 21.8 Å². The molecule has 9 heteroatoms. The molecule has 0 fully saturated rings. The number of fused-ring (bicyclic) bond motifs is 1. The molecular formula is C23H23N3O4S2. The summed E-state index contributed by atoms with van der Waals surface area (Å²) >= 11 is 1.38. The molecule has 1 aliphatic heterocycles. The van der Waals surface area contributed by atoms with Crippen molar-refractivity contribution >= 4 is 38.9 Å². The van der Waals surface area contributed by atoms with Crippen molar-refractivity contribution in [2.45, 2.75) is 31.6 Å². The summed E-state index contributed by atoms with van der Waals surface area (Å²) in [5, 5.41) is 0. The van der Waals surface area contributed by atoms with E-state index in [0.717, 1.165) is 22.4 Å². The number of thiophene rings is 1. The Balaban J connectivity index is 1.49. The summed E-state index contributed by atoms with van der Waals surface area (Å²) in [6.07, 6.45) is 1.47. The number of amides is 2. The molecule has 3 aromatic rings. The fraction of sp³-hybridized carbons (Fsp3) is 0.217. The van der Waals surface area contributed by atoms with Crippen LogP contribution in [0, 0.1) is 6.92 Å². The van der Waals surface area contributed by atoms with Crippen LogP contribution in [-0.2, 0) is 22.9 Å². The van der Waals surface area contributed by atoms with E-state index in [1.807, 2.05) is 26.0 Å². The van der Waals surface area contributed by atoms with Crippen molar-refractivity contribution in [3.05, 3.63) is 81.0 Å². The quantitative estimate of drug-likeness (QED) is 0.560. The second-order valence-corrected chi connectivity index (χ2v) is 10.5. The molecule has 2 heterocycles. The number of nitrogens with one attached hydrogen (secondary N) is 2.